The van der Waals surface area contributed by atoms with Gasteiger partial charge in [0.2, 0.25) is 0 Å². The van der Waals surface area contributed by atoms with Gasteiger partial charge in [0.05, 0.1) is 0 Å². The van der Waals surface area contributed by atoms with E-state index in [1.165, 1.54) is 20.0 Å². The summed E-state index contributed by atoms with van der Waals surface area (Å²) < 4.78 is 7.79. The first-order chi connectivity index (χ1) is 10.4. The Labute approximate surface area is 146 Å². The van der Waals surface area contributed by atoms with E-state index in [0.717, 1.165) is 0 Å². The average molecular weight is 436 g/mol. The van der Waals surface area contributed by atoms with Crippen LogP contribution in [0.15, 0.2) is 30.5 Å². The quantitative estimate of drug-likeness (QED) is 0.607. The Morgan fingerprint density at radius 2 is 1.78 bits per heavy atom. The van der Waals surface area contributed by atoms with Crippen molar-refractivity contribution in [1.29, 1.82) is 0 Å². The fourth-order valence-corrected chi connectivity index (χ4v) is 6.13. The molecule has 0 atom stereocenters. The maximum atomic E-state index is 6.45. The van der Waals surface area contributed by atoms with Crippen molar-refractivity contribution in [3.8, 4) is 0 Å². The van der Waals surface area contributed by atoms with Crippen LogP contribution in [0.3, 0.4) is 0 Å². The first kappa shape index (κ1) is 18.9. The van der Waals surface area contributed by atoms with E-state index in [0.29, 0.717) is 6.61 Å². The van der Waals surface area contributed by atoms with Crippen molar-refractivity contribution in [2.24, 2.45) is 0 Å². The zero-order valence-electron chi connectivity index (χ0n) is 15.9. The van der Waals surface area contributed by atoms with Gasteiger partial charge in [-0.05, 0) is 0 Å². The molecule has 23 heavy (non-hydrogen) atoms. The van der Waals surface area contributed by atoms with E-state index < -0.39 is 26.7 Å². The van der Waals surface area contributed by atoms with E-state index >= 15 is 0 Å². The van der Waals surface area contributed by atoms with Gasteiger partial charge in [0, 0.05) is 0 Å². The second-order valence-corrected chi connectivity index (χ2v) is 28.1. The molecule has 2 rings (SSSR count). The standard InChI is InChI=1S/C16H22NOSi.3CH3.Sn/c1-16(2,3)19(4,5)18-12-14-8-6-7-13-11-17-10-9-15(13)14;;;;/h6-9,11H,12H2,1-5H3;3*1H3;. The van der Waals surface area contributed by atoms with Gasteiger partial charge in [0.1, 0.15) is 0 Å². The molecule has 4 heteroatoms. The number of fused-ring (bicyclic) bond motifs is 1. The summed E-state index contributed by atoms with van der Waals surface area (Å²) in [6.45, 7) is 12.2. The van der Waals surface area contributed by atoms with Crippen molar-refractivity contribution >= 4 is 41.2 Å². The van der Waals surface area contributed by atoms with Crippen LogP contribution in [-0.2, 0) is 11.0 Å². The summed E-state index contributed by atoms with van der Waals surface area (Å²) in [7, 11) is -1.73. The van der Waals surface area contributed by atoms with E-state index in [4.69, 9.17) is 9.41 Å². The summed E-state index contributed by atoms with van der Waals surface area (Å²) in [5.41, 5.74) is 1.30. The molecule has 0 amide bonds. The van der Waals surface area contributed by atoms with Crippen molar-refractivity contribution < 1.29 is 4.43 Å². The summed E-state index contributed by atoms with van der Waals surface area (Å²) in [5.74, 6) is 0. The summed E-state index contributed by atoms with van der Waals surface area (Å²) in [5, 5.41) is 2.79. The van der Waals surface area contributed by atoms with Crippen LogP contribution in [0.2, 0.25) is 33.0 Å². The maximum absolute atomic E-state index is 6.45. The molecule has 0 spiro atoms. The van der Waals surface area contributed by atoms with Crippen LogP contribution in [-0.4, -0.2) is 31.7 Å². The molecule has 0 unspecified atom stereocenters. The molecule has 0 aliphatic rings. The number of benzene rings is 1. The van der Waals surface area contributed by atoms with Gasteiger partial charge in [-0.2, -0.15) is 0 Å². The van der Waals surface area contributed by atoms with Crippen LogP contribution in [0.5, 0.6) is 0 Å². The van der Waals surface area contributed by atoms with Gasteiger partial charge in [0.15, 0.2) is 0 Å². The number of pyridine rings is 1. The Balaban J connectivity index is 2.38. The average Bonchev–Trinajstić information content (AvgIpc) is 2.42. The van der Waals surface area contributed by atoms with Crippen LogP contribution in [0.25, 0.3) is 10.8 Å². The molecule has 1 aromatic heterocycles. The topological polar surface area (TPSA) is 22.1 Å². The van der Waals surface area contributed by atoms with Gasteiger partial charge in [0.25, 0.3) is 0 Å². The zero-order chi connectivity index (χ0) is 17.5. The molecular weight excluding hydrogens is 405 g/mol. The summed E-state index contributed by atoms with van der Waals surface area (Å²) in [4.78, 5) is 12.0. The fraction of sp³-hybridized carbons (Fsp3) is 0.526. The normalized spacial score (nSPS) is 13.6. The minimum atomic E-state index is -2.16. The number of nitrogens with zero attached hydrogens (tertiary/aromatic N) is 1. The second kappa shape index (κ2) is 6.49. The van der Waals surface area contributed by atoms with Gasteiger partial charge < -0.3 is 0 Å². The summed E-state index contributed by atoms with van der Waals surface area (Å²) in [6.07, 6.45) is 2.04. The SMILES string of the molecule is CC(C)(C)[Si](C)(C)OCc1cccc2cn[c]([Sn]([CH3])([CH3])[CH3])cc12. The van der Waals surface area contributed by atoms with Crippen LogP contribution in [0.4, 0.5) is 0 Å². The molecule has 0 saturated carbocycles. The number of hydrogen-bond donors (Lipinski definition) is 0. The van der Waals surface area contributed by atoms with Crippen molar-refractivity contribution in [2.45, 2.75) is 60.3 Å². The van der Waals surface area contributed by atoms with Crippen LogP contribution in [0.1, 0.15) is 26.3 Å². The molecule has 0 N–H and O–H groups in total. The van der Waals surface area contributed by atoms with Crippen molar-refractivity contribution in [3.63, 3.8) is 0 Å². The molecule has 1 aromatic carbocycles. The Morgan fingerprint density at radius 3 is 2.35 bits per heavy atom. The van der Waals surface area contributed by atoms with Gasteiger partial charge in [-0.3, -0.25) is 0 Å². The molecule has 0 aliphatic carbocycles. The molecule has 1 heterocycles. The number of rotatable bonds is 4. The minimum absolute atomic E-state index is 0.242. The first-order valence-corrected chi connectivity index (χ1v) is 21.3. The Kier molecular flexibility index (Phi) is 5.34. The first-order valence-electron chi connectivity index (χ1n) is 8.44. The Bertz CT molecular complexity index is 699. The molecule has 2 aromatic rings. The van der Waals surface area contributed by atoms with Crippen molar-refractivity contribution in [1.82, 2.24) is 4.98 Å². The van der Waals surface area contributed by atoms with Gasteiger partial charge in [-0.25, -0.2) is 0 Å². The van der Waals surface area contributed by atoms with Crippen LogP contribution in [0, 0.1) is 0 Å². The van der Waals surface area contributed by atoms with Crippen molar-refractivity contribution in [2.75, 3.05) is 0 Å². The molecule has 2 nitrogen and oxygen atoms in total. The van der Waals surface area contributed by atoms with Crippen molar-refractivity contribution in [3.05, 3.63) is 36.0 Å². The third-order valence-electron chi connectivity index (χ3n) is 5.02. The van der Waals surface area contributed by atoms with E-state index in [-0.39, 0.29) is 5.04 Å². The molecular formula is C19H31NOSiSn. The van der Waals surface area contributed by atoms with E-state index in [2.05, 4.69) is 72.9 Å². The molecule has 0 bridgehead atoms. The van der Waals surface area contributed by atoms with E-state index in [1.54, 1.807) is 0 Å². The van der Waals surface area contributed by atoms with Crippen LogP contribution < -0.4 is 3.71 Å². The fourth-order valence-electron chi connectivity index (χ4n) is 2.25. The molecule has 0 saturated heterocycles. The third kappa shape index (κ3) is 4.37. The number of hydrogen-bond acceptors (Lipinski definition) is 2. The van der Waals surface area contributed by atoms with E-state index in [1.807, 2.05) is 6.20 Å². The van der Waals surface area contributed by atoms with Crippen LogP contribution >= 0.6 is 0 Å². The van der Waals surface area contributed by atoms with Gasteiger partial charge in [-0.15, -0.1) is 0 Å². The third-order valence-corrected chi connectivity index (χ3v) is 14.7. The molecule has 0 aliphatic heterocycles. The molecule has 0 radical (unpaired) electrons. The van der Waals surface area contributed by atoms with E-state index in [9.17, 15) is 0 Å². The van der Waals surface area contributed by atoms with Gasteiger partial charge in [-0.1, -0.05) is 0 Å². The van der Waals surface area contributed by atoms with Gasteiger partial charge >= 0.3 is 147 Å². The Hall–Kier alpha value is -0.394. The second-order valence-electron chi connectivity index (χ2n) is 9.01. The molecule has 0 fully saturated rings. The zero-order valence-corrected chi connectivity index (χ0v) is 19.8. The Morgan fingerprint density at radius 1 is 1.13 bits per heavy atom. The number of aromatic nitrogens is 1. The predicted molar refractivity (Wildman–Crippen MR) is 107 cm³/mol. The summed E-state index contributed by atoms with van der Waals surface area (Å²) in [6, 6.07) is 8.81. The summed E-state index contributed by atoms with van der Waals surface area (Å²) >= 11 is -2.16. The predicted octanol–water partition coefficient (Wildman–Crippen LogP) is 5.30. The molecule has 126 valence electrons. The monoisotopic (exact) mass is 437 g/mol.